The van der Waals surface area contributed by atoms with E-state index in [-0.39, 0.29) is 12.6 Å². The quantitative estimate of drug-likeness (QED) is 0.758. The highest BCUT2D eigenvalue weighted by atomic mass is 32.2. The molecule has 0 saturated carbocycles. The molecule has 4 nitrogen and oxygen atoms in total. The molecule has 0 radical (unpaired) electrons. The summed E-state index contributed by atoms with van der Waals surface area (Å²) in [6.45, 7) is -0.0756. The minimum absolute atomic E-state index is 0.0756. The van der Waals surface area contributed by atoms with E-state index in [1.165, 1.54) is 6.26 Å². The van der Waals surface area contributed by atoms with E-state index in [0.29, 0.717) is 11.3 Å². The van der Waals surface area contributed by atoms with Crippen molar-refractivity contribution in [2.75, 3.05) is 12.9 Å². The Morgan fingerprint density at radius 2 is 1.87 bits per heavy atom. The number of aliphatic hydroxyl groups excluding tert-OH is 1. The smallest absolute Gasteiger partial charge is 0.175 e. The van der Waals surface area contributed by atoms with Crippen molar-refractivity contribution in [2.24, 2.45) is 5.73 Å². The molecule has 3 N–H and O–H groups in total. The van der Waals surface area contributed by atoms with Crippen molar-refractivity contribution < 1.29 is 13.5 Å². The molecule has 0 heterocycles. The molecule has 0 bridgehead atoms. The first kappa shape index (κ1) is 12.2. The van der Waals surface area contributed by atoms with Gasteiger partial charge in [-0.15, -0.1) is 0 Å². The highest BCUT2D eigenvalue weighted by Gasteiger charge is 2.07. The maximum atomic E-state index is 11.2. The molecule has 0 spiro atoms. The molecule has 1 aromatic carbocycles. The number of nitrogens with two attached hydrogens (primary N) is 1. The number of hydrogen-bond donors (Lipinski definition) is 2. The SMILES string of the molecule is CS(=O)(=O)c1ccc(C[C@H](N)CO)cc1. The molecule has 15 heavy (non-hydrogen) atoms. The van der Waals surface area contributed by atoms with Crippen LogP contribution in [0.1, 0.15) is 5.56 Å². The molecule has 84 valence electrons. The van der Waals surface area contributed by atoms with Crippen molar-refractivity contribution in [1.82, 2.24) is 0 Å². The third kappa shape index (κ3) is 3.62. The van der Waals surface area contributed by atoms with Crippen LogP contribution < -0.4 is 5.73 Å². The van der Waals surface area contributed by atoms with E-state index in [4.69, 9.17) is 10.8 Å². The zero-order valence-electron chi connectivity index (χ0n) is 8.55. The van der Waals surface area contributed by atoms with Gasteiger partial charge in [0.2, 0.25) is 0 Å². The molecule has 0 aliphatic carbocycles. The van der Waals surface area contributed by atoms with Crippen LogP contribution in [0, 0.1) is 0 Å². The molecule has 0 unspecified atom stereocenters. The maximum Gasteiger partial charge on any atom is 0.175 e. The van der Waals surface area contributed by atoms with Crippen LogP contribution in [0.25, 0.3) is 0 Å². The first-order valence-electron chi connectivity index (χ1n) is 4.59. The van der Waals surface area contributed by atoms with Gasteiger partial charge in [-0.1, -0.05) is 12.1 Å². The molecule has 0 amide bonds. The fraction of sp³-hybridized carbons (Fsp3) is 0.400. The number of benzene rings is 1. The summed E-state index contributed by atoms with van der Waals surface area (Å²) < 4.78 is 22.3. The topological polar surface area (TPSA) is 80.4 Å². The zero-order valence-corrected chi connectivity index (χ0v) is 9.37. The Kier molecular flexibility index (Phi) is 3.84. The van der Waals surface area contributed by atoms with E-state index in [1.807, 2.05) is 0 Å². The lowest BCUT2D eigenvalue weighted by Gasteiger charge is -2.08. The van der Waals surface area contributed by atoms with Crippen LogP contribution in [0.2, 0.25) is 0 Å². The Hall–Kier alpha value is -0.910. The van der Waals surface area contributed by atoms with Gasteiger partial charge in [0.15, 0.2) is 9.84 Å². The highest BCUT2D eigenvalue weighted by molar-refractivity contribution is 7.90. The van der Waals surface area contributed by atoms with Gasteiger partial charge >= 0.3 is 0 Å². The van der Waals surface area contributed by atoms with Gasteiger partial charge in [-0.3, -0.25) is 0 Å². The third-order valence-electron chi connectivity index (χ3n) is 2.08. The van der Waals surface area contributed by atoms with Gasteiger partial charge in [-0.05, 0) is 24.1 Å². The Bertz CT molecular complexity index is 411. The summed E-state index contributed by atoms with van der Waals surface area (Å²) in [5.74, 6) is 0. The van der Waals surface area contributed by atoms with Gasteiger partial charge in [0.1, 0.15) is 0 Å². The van der Waals surface area contributed by atoms with Gasteiger partial charge in [0.25, 0.3) is 0 Å². The van der Waals surface area contributed by atoms with Crippen LogP contribution in [0.4, 0.5) is 0 Å². The molecular formula is C10H15NO3S. The second-order valence-electron chi connectivity index (χ2n) is 3.56. The van der Waals surface area contributed by atoms with E-state index in [9.17, 15) is 8.42 Å². The van der Waals surface area contributed by atoms with Gasteiger partial charge < -0.3 is 10.8 Å². The molecule has 5 heteroatoms. The van der Waals surface area contributed by atoms with Crippen molar-refractivity contribution in [1.29, 1.82) is 0 Å². The van der Waals surface area contributed by atoms with Crippen LogP contribution >= 0.6 is 0 Å². The van der Waals surface area contributed by atoms with Crippen molar-refractivity contribution in [2.45, 2.75) is 17.4 Å². The lowest BCUT2D eigenvalue weighted by atomic mass is 10.1. The Balaban J connectivity index is 2.82. The number of sulfone groups is 1. The van der Waals surface area contributed by atoms with E-state index in [1.54, 1.807) is 24.3 Å². The fourth-order valence-corrected chi connectivity index (χ4v) is 1.87. The monoisotopic (exact) mass is 229 g/mol. The molecule has 1 rings (SSSR count). The van der Waals surface area contributed by atoms with Crippen LogP contribution in [0.15, 0.2) is 29.2 Å². The van der Waals surface area contributed by atoms with Crippen LogP contribution in [-0.4, -0.2) is 32.4 Å². The zero-order chi connectivity index (χ0) is 11.5. The average Bonchev–Trinajstić information content (AvgIpc) is 2.17. The fourth-order valence-electron chi connectivity index (χ4n) is 1.24. The van der Waals surface area contributed by atoms with E-state index < -0.39 is 9.84 Å². The van der Waals surface area contributed by atoms with Gasteiger partial charge in [0, 0.05) is 12.3 Å². The lowest BCUT2D eigenvalue weighted by molar-refractivity contribution is 0.265. The first-order valence-corrected chi connectivity index (χ1v) is 6.48. The first-order chi connectivity index (χ1) is 6.93. The predicted molar refractivity (Wildman–Crippen MR) is 58.3 cm³/mol. The molecular weight excluding hydrogens is 214 g/mol. The third-order valence-corrected chi connectivity index (χ3v) is 3.21. The summed E-state index contributed by atoms with van der Waals surface area (Å²) in [5, 5.41) is 8.76. The molecule has 0 aliphatic rings. The minimum Gasteiger partial charge on any atom is -0.395 e. The van der Waals surface area contributed by atoms with Crippen LogP contribution in [-0.2, 0) is 16.3 Å². The van der Waals surface area contributed by atoms with Crippen molar-refractivity contribution in [3.63, 3.8) is 0 Å². The van der Waals surface area contributed by atoms with Crippen molar-refractivity contribution in [3.05, 3.63) is 29.8 Å². The molecule has 0 saturated heterocycles. The standard InChI is InChI=1S/C10H15NO3S/c1-15(13,14)10-4-2-8(3-5-10)6-9(11)7-12/h2-5,9,12H,6-7,11H2,1H3/t9-/m0/s1. The molecule has 0 aromatic heterocycles. The molecule has 1 atom stereocenters. The summed E-state index contributed by atoms with van der Waals surface area (Å²) in [7, 11) is -3.13. The maximum absolute atomic E-state index is 11.2. The second kappa shape index (κ2) is 4.74. The summed E-state index contributed by atoms with van der Waals surface area (Å²) in [6, 6.07) is 6.23. The Labute approximate surface area is 89.7 Å². The normalized spacial score (nSPS) is 13.8. The number of aliphatic hydroxyl groups is 1. The van der Waals surface area contributed by atoms with Crippen molar-refractivity contribution >= 4 is 9.84 Å². The summed E-state index contributed by atoms with van der Waals surface area (Å²) in [4.78, 5) is 0.295. The second-order valence-corrected chi connectivity index (χ2v) is 5.58. The number of hydrogen-bond acceptors (Lipinski definition) is 4. The predicted octanol–water partition coefficient (Wildman–Crippen LogP) is -0.0478. The largest absolute Gasteiger partial charge is 0.395 e. The van der Waals surface area contributed by atoms with Gasteiger partial charge in [-0.2, -0.15) is 0 Å². The summed E-state index contributed by atoms with van der Waals surface area (Å²) in [5.41, 5.74) is 6.48. The van der Waals surface area contributed by atoms with Crippen LogP contribution in [0.5, 0.6) is 0 Å². The van der Waals surface area contributed by atoms with E-state index in [2.05, 4.69) is 0 Å². The van der Waals surface area contributed by atoms with Gasteiger partial charge in [-0.25, -0.2) is 8.42 Å². The summed E-state index contributed by atoms with van der Waals surface area (Å²) >= 11 is 0. The van der Waals surface area contributed by atoms with Crippen molar-refractivity contribution in [3.8, 4) is 0 Å². The number of rotatable bonds is 4. The highest BCUT2D eigenvalue weighted by Crippen LogP contribution is 2.11. The Morgan fingerprint density at radius 1 is 1.33 bits per heavy atom. The van der Waals surface area contributed by atoms with Gasteiger partial charge in [0.05, 0.1) is 11.5 Å². The summed E-state index contributed by atoms with van der Waals surface area (Å²) in [6.07, 6.45) is 1.71. The van der Waals surface area contributed by atoms with Crippen LogP contribution in [0.3, 0.4) is 0 Å². The molecule has 1 aromatic rings. The Morgan fingerprint density at radius 3 is 2.27 bits per heavy atom. The van der Waals surface area contributed by atoms with E-state index in [0.717, 1.165) is 5.56 Å². The molecule has 0 fully saturated rings. The lowest BCUT2D eigenvalue weighted by Crippen LogP contribution is -2.26. The van der Waals surface area contributed by atoms with E-state index >= 15 is 0 Å². The molecule has 0 aliphatic heterocycles. The minimum atomic E-state index is -3.13. The average molecular weight is 229 g/mol.